The molecule has 0 fully saturated rings. The summed E-state index contributed by atoms with van der Waals surface area (Å²) in [6.45, 7) is 0.894. The summed E-state index contributed by atoms with van der Waals surface area (Å²) in [5, 5.41) is 14.8. The van der Waals surface area contributed by atoms with E-state index in [4.69, 9.17) is 4.74 Å². The summed E-state index contributed by atoms with van der Waals surface area (Å²) < 4.78 is 5.48. The molecule has 2 amide bonds. The Bertz CT molecular complexity index is 805. The molecule has 0 aliphatic rings. The highest BCUT2D eigenvalue weighted by Gasteiger charge is 2.15. The van der Waals surface area contributed by atoms with Gasteiger partial charge in [0.25, 0.3) is 5.91 Å². The molecular weight excluding hydrogens is 392 g/mol. The van der Waals surface area contributed by atoms with E-state index in [1.165, 1.54) is 19.1 Å². The first-order chi connectivity index (χ1) is 11.8. The van der Waals surface area contributed by atoms with E-state index in [0.717, 1.165) is 0 Å². The number of phenols is 1. The van der Waals surface area contributed by atoms with Crippen LogP contribution in [0.15, 0.2) is 46.9 Å². The number of halogens is 1. The van der Waals surface area contributed by atoms with Crippen LogP contribution in [0.5, 0.6) is 5.75 Å². The molecule has 7 nitrogen and oxygen atoms in total. The molecular formula is C17H15BrN2O5. The van der Waals surface area contributed by atoms with E-state index in [1.807, 2.05) is 0 Å². The Hall–Kier alpha value is -2.87. The summed E-state index contributed by atoms with van der Waals surface area (Å²) in [4.78, 5) is 34.7. The first kappa shape index (κ1) is 18.5. The van der Waals surface area contributed by atoms with E-state index >= 15 is 0 Å². The molecule has 0 aliphatic carbocycles. The maximum atomic E-state index is 11.9. The number of hydrogen-bond donors (Lipinski definition) is 3. The second kappa shape index (κ2) is 8.29. The minimum absolute atomic E-state index is 0.0400. The monoisotopic (exact) mass is 406 g/mol. The van der Waals surface area contributed by atoms with Crippen molar-refractivity contribution in [3.8, 4) is 5.75 Å². The molecule has 2 aromatic carbocycles. The number of carbonyl (C=O) groups is 3. The number of anilines is 2. The number of amides is 2. The molecule has 0 saturated carbocycles. The van der Waals surface area contributed by atoms with E-state index in [1.54, 1.807) is 30.3 Å². The summed E-state index contributed by atoms with van der Waals surface area (Å²) in [5.74, 6) is -1.77. The Labute approximate surface area is 152 Å². The number of rotatable bonds is 5. The quantitative estimate of drug-likeness (QED) is 0.662. The molecule has 0 unspecified atom stereocenters. The van der Waals surface area contributed by atoms with E-state index < -0.39 is 18.5 Å². The summed E-state index contributed by atoms with van der Waals surface area (Å²) in [7, 11) is 0. The van der Waals surface area contributed by atoms with Gasteiger partial charge in [-0.25, -0.2) is 4.79 Å². The molecule has 25 heavy (non-hydrogen) atoms. The second-order valence-electron chi connectivity index (χ2n) is 5.04. The lowest BCUT2D eigenvalue weighted by atomic mass is 10.2. The average molecular weight is 407 g/mol. The minimum atomic E-state index is -0.810. The van der Waals surface area contributed by atoms with Crippen molar-refractivity contribution in [2.75, 3.05) is 17.2 Å². The number of hydrogen-bond acceptors (Lipinski definition) is 5. The minimum Gasteiger partial charge on any atom is -0.507 e. The standard InChI is InChI=1S/C17H15BrN2O5/c1-10(21)19-12-3-5-13(6-4-12)20-16(23)9-25-17(24)14-8-11(18)2-7-15(14)22/h2-8,22H,9H2,1H3,(H,19,21)(H,20,23). The average Bonchev–Trinajstić information content (AvgIpc) is 2.56. The molecule has 8 heteroatoms. The number of nitrogens with one attached hydrogen (secondary N) is 2. The molecule has 0 atom stereocenters. The van der Waals surface area contributed by atoms with Crippen molar-refractivity contribution in [3.63, 3.8) is 0 Å². The summed E-state index contributed by atoms with van der Waals surface area (Å²) in [5.41, 5.74) is 1.05. The van der Waals surface area contributed by atoms with Gasteiger partial charge in [0.1, 0.15) is 11.3 Å². The van der Waals surface area contributed by atoms with Gasteiger partial charge >= 0.3 is 5.97 Å². The van der Waals surface area contributed by atoms with Crippen molar-refractivity contribution in [2.45, 2.75) is 6.92 Å². The smallest absolute Gasteiger partial charge is 0.342 e. The summed E-state index contributed by atoms with van der Waals surface area (Å²) in [6.07, 6.45) is 0. The van der Waals surface area contributed by atoms with E-state index in [0.29, 0.717) is 15.8 Å². The fourth-order valence-electron chi connectivity index (χ4n) is 1.92. The van der Waals surface area contributed by atoms with Crippen molar-refractivity contribution < 1.29 is 24.2 Å². The fourth-order valence-corrected chi connectivity index (χ4v) is 2.28. The van der Waals surface area contributed by atoms with E-state index in [-0.39, 0.29) is 17.2 Å². The van der Waals surface area contributed by atoms with Crippen molar-refractivity contribution >= 4 is 45.1 Å². The van der Waals surface area contributed by atoms with Crippen molar-refractivity contribution in [2.24, 2.45) is 0 Å². The molecule has 2 aromatic rings. The molecule has 3 N–H and O–H groups in total. The number of ether oxygens (including phenoxy) is 1. The molecule has 0 heterocycles. The fraction of sp³-hybridized carbons (Fsp3) is 0.118. The Balaban J connectivity index is 1.89. The van der Waals surface area contributed by atoms with E-state index in [2.05, 4.69) is 26.6 Å². The number of carbonyl (C=O) groups excluding carboxylic acids is 3. The van der Waals surface area contributed by atoms with Gasteiger partial charge in [-0.05, 0) is 42.5 Å². The van der Waals surface area contributed by atoms with Crippen LogP contribution in [0.2, 0.25) is 0 Å². The summed E-state index contributed by atoms with van der Waals surface area (Å²) in [6, 6.07) is 10.8. The van der Waals surface area contributed by atoms with Gasteiger partial charge in [-0.3, -0.25) is 9.59 Å². The molecule has 0 spiro atoms. The van der Waals surface area contributed by atoms with Gasteiger partial charge in [-0.2, -0.15) is 0 Å². The lowest BCUT2D eigenvalue weighted by Gasteiger charge is -2.08. The third-order valence-corrected chi connectivity index (χ3v) is 3.50. The first-order valence-corrected chi connectivity index (χ1v) is 7.97. The van der Waals surface area contributed by atoms with Gasteiger partial charge in [0.05, 0.1) is 0 Å². The van der Waals surface area contributed by atoms with E-state index in [9.17, 15) is 19.5 Å². The molecule has 130 valence electrons. The molecule has 0 radical (unpaired) electrons. The highest BCUT2D eigenvalue weighted by Crippen LogP contribution is 2.22. The van der Waals surface area contributed by atoms with Crippen LogP contribution in [0, 0.1) is 0 Å². The van der Waals surface area contributed by atoms with Crippen molar-refractivity contribution in [3.05, 3.63) is 52.5 Å². The highest BCUT2D eigenvalue weighted by molar-refractivity contribution is 9.10. The third kappa shape index (κ3) is 5.61. The molecule has 0 aromatic heterocycles. The van der Waals surface area contributed by atoms with Gasteiger partial charge in [0, 0.05) is 22.8 Å². The molecule has 0 saturated heterocycles. The first-order valence-electron chi connectivity index (χ1n) is 7.18. The second-order valence-corrected chi connectivity index (χ2v) is 5.96. The van der Waals surface area contributed by atoms with Gasteiger partial charge in [-0.15, -0.1) is 0 Å². The normalized spacial score (nSPS) is 10.0. The van der Waals surface area contributed by atoms with Crippen LogP contribution < -0.4 is 10.6 Å². The zero-order chi connectivity index (χ0) is 18.4. The molecule has 0 aliphatic heterocycles. The van der Waals surface area contributed by atoms with Crippen LogP contribution in [0.4, 0.5) is 11.4 Å². The lowest BCUT2D eigenvalue weighted by molar-refractivity contribution is -0.119. The zero-order valence-corrected chi connectivity index (χ0v) is 14.8. The van der Waals surface area contributed by atoms with Gasteiger partial charge in [0.2, 0.25) is 5.91 Å². The third-order valence-electron chi connectivity index (χ3n) is 3.00. The predicted octanol–water partition coefficient (Wildman–Crippen LogP) is 2.91. The predicted molar refractivity (Wildman–Crippen MR) is 95.5 cm³/mol. The molecule has 2 rings (SSSR count). The van der Waals surface area contributed by atoms with Crippen LogP contribution in [0.3, 0.4) is 0 Å². The van der Waals surface area contributed by atoms with Gasteiger partial charge in [-0.1, -0.05) is 15.9 Å². The van der Waals surface area contributed by atoms with Crippen molar-refractivity contribution in [1.82, 2.24) is 0 Å². The summed E-state index contributed by atoms with van der Waals surface area (Å²) >= 11 is 3.19. The highest BCUT2D eigenvalue weighted by atomic mass is 79.9. The number of benzene rings is 2. The SMILES string of the molecule is CC(=O)Nc1ccc(NC(=O)COC(=O)c2cc(Br)ccc2O)cc1. The van der Waals surface area contributed by atoms with Crippen molar-refractivity contribution in [1.29, 1.82) is 0 Å². The lowest BCUT2D eigenvalue weighted by Crippen LogP contribution is -2.21. The Morgan fingerprint density at radius 2 is 1.64 bits per heavy atom. The number of phenolic OH excluding ortho intramolecular Hbond substituents is 1. The number of aromatic hydroxyl groups is 1. The maximum absolute atomic E-state index is 11.9. The zero-order valence-electron chi connectivity index (χ0n) is 13.2. The molecule has 0 bridgehead atoms. The van der Waals surface area contributed by atoms with Crippen LogP contribution >= 0.6 is 15.9 Å². The Kier molecular flexibility index (Phi) is 6.13. The van der Waals surface area contributed by atoms with Gasteiger partial charge in [0.15, 0.2) is 6.61 Å². The van der Waals surface area contributed by atoms with Gasteiger partial charge < -0.3 is 20.5 Å². The topological polar surface area (TPSA) is 105 Å². The Morgan fingerprint density at radius 3 is 2.24 bits per heavy atom. The van der Waals surface area contributed by atoms with Crippen LogP contribution in [0.25, 0.3) is 0 Å². The Morgan fingerprint density at radius 1 is 1.04 bits per heavy atom. The maximum Gasteiger partial charge on any atom is 0.342 e. The van der Waals surface area contributed by atoms with Crippen LogP contribution in [-0.2, 0) is 14.3 Å². The van der Waals surface area contributed by atoms with Crippen LogP contribution in [-0.4, -0.2) is 29.5 Å². The van der Waals surface area contributed by atoms with Crippen LogP contribution in [0.1, 0.15) is 17.3 Å². The largest absolute Gasteiger partial charge is 0.507 e. The number of esters is 1.